The average molecular weight is 283 g/mol. The molecular formula is C11H10F5NO2. The molecule has 1 aromatic heterocycles. The maximum Gasteiger partial charge on any atom is 0.433 e. The molecule has 0 saturated heterocycles. The Hall–Kier alpha value is -1.73. The van der Waals surface area contributed by atoms with Crippen molar-refractivity contribution in [1.82, 2.24) is 4.98 Å². The first kappa shape index (κ1) is 15.3. The summed E-state index contributed by atoms with van der Waals surface area (Å²) in [5.41, 5.74) is -2.87. The molecule has 0 aliphatic carbocycles. The van der Waals surface area contributed by atoms with E-state index in [0.717, 1.165) is 14.0 Å². The van der Waals surface area contributed by atoms with Crippen molar-refractivity contribution in [1.29, 1.82) is 0 Å². The molecule has 1 aromatic rings. The third-order valence-electron chi connectivity index (χ3n) is 2.56. The number of halogens is 5. The van der Waals surface area contributed by atoms with Gasteiger partial charge in [-0.3, -0.25) is 9.78 Å². The van der Waals surface area contributed by atoms with Gasteiger partial charge in [-0.05, 0) is 18.1 Å². The Labute approximate surface area is 105 Å². The fourth-order valence-corrected chi connectivity index (χ4v) is 1.56. The van der Waals surface area contributed by atoms with Crippen LogP contribution in [0.3, 0.4) is 0 Å². The second-order valence-electron chi connectivity index (χ2n) is 3.72. The zero-order chi connectivity index (χ0) is 14.8. The zero-order valence-corrected chi connectivity index (χ0v) is 10.0. The van der Waals surface area contributed by atoms with E-state index in [9.17, 15) is 26.7 Å². The van der Waals surface area contributed by atoms with Crippen molar-refractivity contribution < 1.29 is 31.5 Å². The number of carbonyl (C=O) groups excluding carboxylic acids is 1. The summed E-state index contributed by atoms with van der Waals surface area (Å²) in [6.45, 7) is 1.09. The summed E-state index contributed by atoms with van der Waals surface area (Å²) in [6.07, 6.45) is -8.07. The van der Waals surface area contributed by atoms with E-state index in [1.54, 1.807) is 0 Å². The molecule has 0 aliphatic rings. The van der Waals surface area contributed by atoms with Crippen molar-refractivity contribution in [3.63, 3.8) is 0 Å². The predicted octanol–water partition coefficient (Wildman–Crippen LogP) is 3.06. The van der Waals surface area contributed by atoms with E-state index in [1.807, 2.05) is 0 Å². The quantitative estimate of drug-likeness (QED) is 0.632. The Kier molecular flexibility index (Phi) is 4.43. The summed E-state index contributed by atoms with van der Waals surface area (Å²) in [4.78, 5) is 14.1. The maximum absolute atomic E-state index is 12.7. The van der Waals surface area contributed by atoms with Crippen LogP contribution in [-0.4, -0.2) is 18.1 Å². The summed E-state index contributed by atoms with van der Waals surface area (Å²) < 4.78 is 67.6. The van der Waals surface area contributed by atoms with Gasteiger partial charge in [-0.2, -0.15) is 13.2 Å². The molecule has 1 heterocycles. The van der Waals surface area contributed by atoms with E-state index >= 15 is 0 Å². The van der Waals surface area contributed by atoms with E-state index in [4.69, 9.17) is 0 Å². The molecule has 0 fully saturated rings. The van der Waals surface area contributed by atoms with Gasteiger partial charge in [0.2, 0.25) is 0 Å². The Morgan fingerprint density at radius 1 is 1.42 bits per heavy atom. The third-order valence-corrected chi connectivity index (χ3v) is 2.56. The average Bonchev–Trinajstić information content (AvgIpc) is 2.29. The standard InChI is InChI=1S/C11H10F5NO2/c1-5-6(3-8(18)19-2)9(11(14,15)16)17-4-7(5)10(12)13/h4,10H,3H2,1-2H3. The monoisotopic (exact) mass is 283 g/mol. The van der Waals surface area contributed by atoms with E-state index in [1.165, 1.54) is 0 Å². The molecule has 0 radical (unpaired) electrons. The summed E-state index contributed by atoms with van der Waals surface area (Å²) in [7, 11) is 0.995. The number of pyridine rings is 1. The molecule has 0 bridgehead atoms. The Balaban J connectivity index is 3.42. The van der Waals surface area contributed by atoms with Crippen molar-refractivity contribution >= 4 is 5.97 Å². The summed E-state index contributed by atoms with van der Waals surface area (Å²) in [5, 5.41) is 0. The highest BCUT2D eigenvalue weighted by Gasteiger charge is 2.37. The number of nitrogens with zero attached hydrogens (tertiary/aromatic N) is 1. The van der Waals surface area contributed by atoms with E-state index in [2.05, 4.69) is 9.72 Å². The van der Waals surface area contributed by atoms with Gasteiger partial charge in [-0.15, -0.1) is 0 Å². The van der Waals surface area contributed by atoms with Gasteiger partial charge in [0.05, 0.1) is 13.5 Å². The number of hydrogen-bond donors (Lipinski definition) is 0. The van der Waals surface area contributed by atoms with Gasteiger partial charge in [0.15, 0.2) is 0 Å². The molecule has 0 aliphatic heterocycles. The van der Waals surface area contributed by atoms with Gasteiger partial charge >= 0.3 is 12.1 Å². The van der Waals surface area contributed by atoms with Gasteiger partial charge in [0.1, 0.15) is 5.69 Å². The summed E-state index contributed by atoms with van der Waals surface area (Å²) in [6, 6.07) is 0. The van der Waals surface area contributed by atoms with Crippen LogP contribution in [0.1, 0.15) is 28.8 Å². The number of rotatable bonds is 3. The number of hydrogen-bond acceptors (Lipinski definition) is 3. The smallest absolute Gasteiger partial charge is 0.433 e. The number of carbonyl (C=O) groups is 1. The van der Waals surface area contributed by atoms with E-state index < -0.39 is 41.8 Å². The molecule has 0 aromatic carbocycles. The first-order chi connectivity index (χ1) is 8.68. The van der Waals surface area contributed by atoms with Gasteiger partial charge in [0.25, 0.3) is 6.43 Å². The highest BCUT2D eigenvalue weighted by atomic mass is 19.4. The zero-order valence-electron chi connectivity index (χ0n) is 10.0. The van der Waals surface area contributed by atoms with Crippen molar-refractivity contribution in [3.05, 3.63) is 28.6 Å². The lowest BCUT2D eigenvalue weighted by atomic mass is 9.99. The molecule has 8 heteroatoms. The van der Waals surface area contributed by atoms with E-state index in [0.29, 0.717) is 6.20 Å². The minimum atomic E-state index is -4.82. The molecule has 0 amide bonds. The Morgan fingerprint density at radius 2 is 2.00 bits per heavy atom. The van der Waals surface area contributed by atoms with Crippen LogP contribution in [0.2, 0.25) is 0 Å². The number of methoxy groups -OCH3 is 1. The minimum absolute atomic E-state index is 0.303. The van der Waals surface area contributed by atoms with Crippen LogP contribution < -0.4 is 0 Å². The number of esters is 1. The van der Waals surface area contributed by atoms with Crippen LogP contribution >= 0.6 is 0 Å². The van der Waals surface area contributed by atoms with Gasteiger partial charge < -0.3 is 4.74 Å². The van der Waals surface area contributed by atoms with Gasteiger partial charge in [-0.1, -0.05) is 0 Å². The molecule has 0 unspecified atom stereocenters. The molecule has 3 nitrogen and oxygen atoms in total. The van der Waals surface area contributed by atoms with Crippen LogP contribution in [-0.2, 0) is 22.1 Å². The molecule has 0 saturated carbocycles. The maximum atomic E-state index is 12.7. The molecule has 1 rings (SSSR count). The number of alkyl halides is 5. The van der Waals surface area contributed by atoms with Crippen molar-refractivity contribution in [2.45, 2.75) is 25.9 Å². The van der Waals surface area contributed by atoms with E-state index in [-0.39, 0.29) is 5.56 Å². The lowest BCUT2D eigenvalue weighted by molar-refractivity contribution is -0.143. The SMILES string of the molecule is COC(=O)Cc1c(C(F)(F)F)ncc(C(F)F)c1C. The first-order valence-corrected chi connectivity index (χ1v) is 5.09. The van der Waals surface area contributed by atoms with Crippen molar-refractivity contribution in [2.75, 3.05) is 7.11 Å². The Morgan fingerprint density at radius 3 is 2.42 bits per heavy atom. The number of ether oxygens (including phenoxy) is 1. The number of aromatic nitrogens is 1. The highest BCUT2D eigenvalue weighted by molar-refractivity contribution is 5.73. The largest absolute Gasteiger partial charge is 0.469 e. The fraction of sp³-hybridized carbons (Fsp3) is 0.455. The van der Waals surface area contributed by atoms with Crippen LogP contribution in [0.15, 0.2) is 6.20 Å². The molecular weight excluding hydrogens is 273 g/mol. The second kappa shape index (κ2) is 5.50. The van der Waals surface area contributed by atoms with Gasteiger partial charge in [0, 0.05) is 11.8 Å². The Bertz CT molecular complexity index is 485. The van der Waals surface area contributed by atoms with Crippen LogP contribution in [0.5, 0.6) is 0 Å². The predicted molar refractivity (Wildman–Crippen MR) is 54.7 cm³/mol. The summed E-state index contributed by atoms with van der Waals surface area (Å²) in [5.74, 6) is -0.957. The second-order valence-corrected chi connectivity index (χ2v) is 3.72. The van der Waals surface area contributed by atoms with Crippen molar-refractivity contribution in [3.8, 4) is 0 Å². The van der Waals surface area contributed by atoms with Gasteiger partial charge in [-0.25, -0.2) is 8.78 Å². The molecule has 0 N–H and O–H groups in total. The minimum Gasteiger partial charge on any atom is -0.469 e. The third kappa shape index (κ3) is 3.39. The van der Waals surface area contributed by atoms with Crippen molar-refractivity contribution in [2.24, 2.45) is 0 Å². The van der Waals surface area contributed by atoms with Crippen LogP contribution in [0.25, 0.3) is 0 Å². The normalized spacial score (nSPS) is 11.8. The molecule has 19 heavy (non-hydrogen) atoms. The molecule has 0 spiro atoms. The summed E-state index contributed by atoms with van der Waals surface area (Å²) >= 11 is 0. The topological polar surface area (TPSA) is 39.2 Å². The molecule has 0 atom stereocenters. The highest BCUT2D eigenvalue weighted by Crippen LogP contribution is 2.35. The van der Waals surface area contributed by atoms with Crippen LogP contribution in [0, 0.1) is 6.92 Å². The lowest BCUT2D eigenvalue weighted by Gasteiger charge is -2.16. The first-order valence-electron chi connectivity index (χ1n) is 5.09. The lowest BCUT2D eigenvalue weighted by Crippen LogP contribution is -2.18. The fourth-order valence-electron chi connectivity index (χ4n) is 1.56. The van der Waals surface area contributed by atoms with Crippen LogP contribution in [0.4, 0.5) is 22.0 Å². The molecule has 106 valence electrons.